The first-order valence-corrected chi connectivity index (χ1v) is 10.6. The molecule has 1 aromatic heterocycles. The van der Waals surface area contributed by atoms with E-state index in [-0.39, 0.29) is 23.8 Å². The van der Waals surface area contributed by atoms with Crippen molar-refractivity contribution in [1.82, 2.24) is 16.0 Å². The number of rotatable bonds is 8. The molecule has 3 aromatic rings. The number of nitrogens with zero attached hydrogens (tertiary/aromatic N) is 1. The number of guanidine groups is 1. The van der Waals surface area contributed by atoms with E-state index in [0.29, 0.717) is 25.6 Å². The van der Waals surface area contributed by atoms with Crippen LogP contribution in [0.1, 0.15) is 28.3 Å². The number of nitrogens with one attached hydrogen (secondary N) is 3. The molecule has 0 fully saturated rings. The van der Waals surface area contributed by atoms with E-state index in [4.69, 9.17) is 0 Å². The standard InChI is InChI=1S/C22H26N4O3S/c1-2-23-22(25-12-11-24-21(29)16-8-4-5-9-17(16)27)26-14-18(28)20-13-15-7-3-6-10-19(15)30-20/h3-10,13,18,27-28H,2,11-12,14H2,1H3,(H,24,29)(H2,23,25,26). The first-order chi connectivity index (χ1) is 14.6. The van der Waals surface area contributed by atoms with Gasteiger partial charge in [-0.3, -0.25) is 9.79 Å². The van der Waals surface area contributed by atoms with Crippen LogP contribution in [0.3, 0.4) is 0 Å². The molecule has 0 saturated heterocycles. The van der Waals surface area contributed by atoms with Crippen LogP contribution in [0.15, 0.2) is 59.6 Å². The SMILES string of the molecule is CCNC(=NCC(O)c1cc2ccccc2s1)NCCNC(=O)c1ccccc1O. The minimum atomic E-state index is -0.682. The van der Waals surface area contributed by atoms with Gasteiger partial charge in [0.1, 0.15) is 11.9 Å². The fourth-order valence-electron chi connectivity index (χ4n) is 2.89. The number of thiophene rings is 1. The monoisotopic (exact) mass is 426 g/mol. The zero-order valence-corrected chi connectivity index (χ0v) is 17.6. The van der Waals surface area contributed by atoms with E-state index in [1.165, 1.54) is 6.07 Å². The van der Waals surface area contributed by atoms with Gasteiger partial charge >= 0.3 is 0 Å². The molecule has 1 unspecified atom stereocenters. The third kappa shape index (κ3) is 5.71. The highest BCUT2D eigenvalue weighted by atomic mass is 32.1. The van der Waals surface area contributed by atoms with Crippen LogP contribution in [0.4, 0.5) is 0 Å². The van der Waals surface area contributed by atoms with E-state index >= 15 is 0 Å². The number of hydrogen-bond donors (Lipinski definition) is 5. The summed E-state index contributed by atoms with van der Waals surface area (Å²) in [6, 6.07) is 16.4. The fraction of sp³-hybridized carbons (Fsp3) is 0.273. The quantitative estimate of drug-likeness (QED) is 0.216. The van der Waals surface area contributed by atoms with E-state index < -0.39 is 6.10 Å². The number of carbonyl (C=O) groups excluding carboxylic acids is 1. The average Bonchev–Trinajstić information content (AvgIpc) is 3.19. The Balaban J connectivity index is 1.50. The van der Waals surface area contributed by atoms with Crippen LogP contribution in [0, 0.1) is 0 Å². The first kappa shape index (κ1) is 21.6. The number of aliphatic hydroxyl groups is 1. The Labute approximate surface area is 179 Å². The summed E-state index contributed by atoms with van der Waals surface area (Å²) in [5.74, 6) is 0.180. The van der Waals surface area contributed by atoms with Gasteiger partial charge in [-0.05, 0) is 36.6 Å². The maximum absolute atomic E-state index is 12.1. The molecule has 0 aliphatic heterocycles. The van der Waals surface area contributed by atoms with Crippen molar-refractivity contribution >= 4 is 33.3 Å². The molecule has 0 aliphatic carbocycles. The Morgan fingerprint density at radius 2 is 1.80 bits per heavy atom. The second-order valence-electron chi connectivity index (χ2n) is 6.62. The number of aliphatic hydroxyl groups excluding tert-OH is 1. The number of hydrogen-bond acceptors (Lipinski definition) is 5. The Morgan fingerprint density at radius 3 is 2.57 bits per heavy atom. The molecule has 158 valence electrons. The highest BCUT2D eigenvalue weighted by molar-refractivity contribution is 7.19. The number of carbonyl (C=O) groups is 1. The van der Waals surface area contributed by atoms with E-state index in [1.54, 1.807) is 29.5 Å². The summed E-state index contributed by atoms with van der Waals surface area (Å²) in [6.45, 7) is 3.67. The lowest BCUT2D eigenvalue weighted by atomic mass is 10.2. The summed E-state index contributed by atoms with van der Waals surface area (Å²) < 4.78 is 1.14. The molecule has 0 saturated carbocycles. The first-order valence-electron chi connectivity index (χ1n) is 9.83. The van der Waals surface area contributed by atoms with Crippen molar-refractivity contribution in [1.29, 1.82) is 0 Å². The lowest BCUT2D eigenvalue weighted by molar-refractivity contribution is 0.0951. The van der Waals surface area contributed by atoms with Gasteiger partial charge in [0, 0.05) is 29.2 Å². The normalized spacial score (nSPS) is 12.5. The number of para-hydroxylation sites is 1. The maximum atomic E-state index is 12.1. The summed E-state index contributed by atoms with van der Waals surface area (Å²) in [4.78, 5) is 17.4. The van der Waals surface area contributed by atoms with Gasteiger partial charge in [0.2, 0.25) is 0 Å². The molecule has 8 heteroatoms. The predicted molar refractivity (Wildman–Crippen MR) is 121 cm³/mol. The van der Waals surface area contributed by atoms with Crippen molar-refractivity contribution in [2.24, 2.45) is 4.99 Å². The van der Waals surface area contributed by atoms with Gasteiger partial charge in [0.25, 0.3) is 5.91 Å². The summed E-state index contributed by atoms with van der Waals surface area (Å²) in [7, 11) is 0. The van der Waals surface area contributed by atoms with Gasteiger partial charge in [-0.2, -0.15) is 0 Å². The Morgan fingerprint density at radius 1 is 1.07 bits per heavy atom. The smallest absolute Gasteiger partial charge is 0.255 e. The molecule has 2 aromatic carbocycles. The van der Waals surface area contributed by atoms with E-state index in [9.17, 15) is 15.0 Å². The molecule has 7 nitrogen and oxygen atoms in total. The lowest BCUT2D eigenvalue weighted by Crippen LogP contribution is -2.41. The summed E-state index contributed by atoms with van der Waals surface area (Å²) in [6.07, 6.45) is -0.682. The molecule has 3 rings (SSSR count). The molecule has 0 bridgehead atoms. The topological polar surface area (TPSA) is 106 Å². The van der Waals surface area contributed by atoms with Gasteiger partial charge in [0.15, 0.2) is 5.96 Å². The molecule has 1 atom stereocenters. The number of amides is 1. The van der Waals surface area contributed by atoms with E-state index in [0.717, 1.165) is 15.0 Å². The summed E-state index contributed by atoms with van der Waals surface area (Å²) >= 11 is 1.57. The highest BCUT2D eigenvalue weighted by Crippen LogP contribution is 2.29. The average molecular weight is 427 g/mol. The van der Waals surface area contributed by atoms with E-state index in [2.05, 4.69) is 20.9 Å². The summed E-state index contributed by atoms with van der Waals surface area (Å²) in [5.41, 5.74) is 0.240. The van der Waals surface area contributed by atoms with Gasteiger partial charge in [-0.25, -0.2) is 0 Å². The second kappa shape index (κ2) is 10.6. The van der Waals surface area contributed by atoms with Crippen molar-refractivity contribution in [2.45, 2.75) is 13.0 Å². The fourth-order valence-corrected chi connectivity index (χ4v) is 3.94. The Hall–Kier alpha value is -3.10. The molecule has 0 spiro atoms. The van der Waals surface area contributed by atoms with E-state index in [1.807, 2.05) is 37.3 Å². The van der Waals surface area contributed by atoms with Gasteiger partial charge in [0.05, 0.1) is 12.1 Å². The number of phenols is 1. The molecule has 1 heterocycles. The molecule has 30 heavy (non-hydrogen) atoms. The minimum Gasteiger partial charge on any atom is -0.507 e. The third-order valence-corrected chi connectivity index (χ3v) is 5.61. The number of benzene rings is 2. The molecular weight excluding hydrogens is 400 g/mol. The number of phenolic OH excluding ortho intramolecular Hbond substituents is 1. The Bertz CT molecular complexity index is 985. The molecular formula is C22H26N4O3S. The van der Waals surface area contributed by atoms with Crippen molar-refractivity contribution in [3.8, 4) is 5.75 Å². The number of aromatic hydroxyl groups is 1. The Kier molecular flexibility index (Phi) is 7.64. The van der Waals surface area contributed by atoms with Crippen LogP contribution in [0.25, 0.3) is 10.1 Å². The van der Waals surface area contributed by atoms with Crippen LogP contribution in [-0.2, 0) is 0 Å². The van der Waals surface area contributed by atoms with Crippen LogP contribution >= 0.6 is 11.3 Å². The van der Waals surface area contributed by atoms with Crippen molar-refractivity contribution in [3.05, 3.63) is 65.0 Å². The minimum absolute atomic E-state index is 0.0481. The molecule has 0 aliphatic rings. The van der Waals surface area contributed by atoms with Crippen molar-refractivity contribution in [2.75, 3.05) is 26.2 Å². The maximum Gasteiger partial charge on any atom is 0.255 e. The predicted octanol–water partition coefficient (Wildman–Crippen LogP) is 2.63. The van der Waals surface area contributed by atoms with Crippen LogP contribution < -0.4 is 16.0 Å². The lowest BCUT2D eigenvalue weighted by Gasteiger charge is -2.13. The van der Waals surface area contributed by atoms with Gasteiger partial charge in [-0.1, -0.05) is 30.3 Å². The largest absolute Gasteiger partial charge is 0.507 e. The van der Waals surface area contributed by atoms with Crippen LogP contribution in [-0.4, -0.2) is 48.3 Å². The zero-order chi connectivity index (χ0) is 21.3. The van der Waals surface area contributed by atoms with Crippen LogP contribution in [0.5, 0.6) is 5.75 Å². The van der Waals surface area contributed by atoms with Crippen molar-refractivity contribution < 1.29 is 15.0 Å². The summed E-state index contributed by atoms with van der Waals surface area (Å²) in [5, 5.41) is 30.4. The molecule has 0 radical (unpaired) electrons. The van der Waals surface area contributed by atoms with Crippen LogP contribution in [0.2, 0.25) is 0 Å². The van der Waals surface area contributed by atoms with Gasteiger partial charge < -0.3 is 26.2 Å². The van der Waals surface area contributed by atoms with Gasteiger partial charge in [-0.15, -0.1) is 11.3 Å². The highest BCUT2D eigenvalue weighted by Gasteiger charge is 2.12. The molecule has 1 amide bonds. The molecule has 5 N–H and O–H groups in total. The number of aliphatic imine (C=N–C) groups is 1. The number of fused-ring (bicyclic) bond motifs is 1. The third-order valence-electron chi connectivity index (χ3n) is 4.39. The second-order valence-corrected chi connectivity index (χ2v) is 7.74. The van der Waals surface area contributed by atoms with Crippen molar-refractivity contribution in [3.63, 3.8) is 0 Å². The zero-order valence-electron chi connectivity index (χ0n) is 16.8.